The Morgan fingerprint density at radius 2 is 2.21 bits per heavy atom. The maximum Gasteiger partial charge on any atom is 0.316 e. The molecule has 1 aliphatic heterocycles. The van der Waals surface area contributed by atoms with E-state index >= 15 is 0 Å². The molecule has 4 heteroatoms. The fraction of sp³-hybridized carbons (Fsp3) is 0.600. The molecule has 1 aromatic heterocycles. The maximum atomic E-state index is 5.63. The van der Waals surface area contributed by atoms with E-state index in [4.69, 9.17) is 4.74 Å². The van der Waals surface area contributed by atoms with Crippen molar-refractivity contribution in [2.45, 2.75) is 25.9 Å². The number of piperidine rings is 1. The highest BCUT2D eigenvalue weighted by Gasteiger charge is 2.15. The SMILES string of the molecule is Cc1cnc(O[C@@H]2CCCNC2)nc1. The van der Waals surface area contributed by atoms with Crippen LogP contribution in [-0.4, -0.2) is 29.2 Å². The molecule has 0 spiro atoms. The van der Waals surface area contributed by atoms with Crippen LogP contribution in [0.25, 0.3) is 0 Å². The summed E-state index contributed by atoms with van der Waals surface area (Å²) in [6, 6.07) is 0.490. The van der Waals surface area contributed by atoms with E-state index in [2.05, 4.69) is 15.3 Å². The Hall–Kier alpha value is -1.16. The third-order valence-corrected chi connectivity index (χ3v) is 2.28. The Morgan fingerprint density at radius 1 is 1.43 bits per heavy atom. The average molecular weight is 193 g/mol. The number of ether oxygens (including phenoxy) is 1. The molecular weight excluding hydrogens is 178 g/mol. The minimum Gasteiger partial charge on any atom is -0.459 e. The van der Waals surface area contributed by atoms with Crippen molar-refractivity contribution in [1.82, 2.24) is 15.3 Å². The number of nitrogens with zero attached hydrogens (tertiary/aromatic N) is 2. The van der Waals surface area contributed by atoms with Gasteiger partial charge in [-0.1, -0.05) is 0 Å². The summed E-state index contributed by atoms with van der Waals surface area (Å²) in [5.41, 5.74) is 1.05. The van der Waals surface area contributed by atoms with Crippen LogP contribution in [0.4, 0.5) is 0 Å². The molecule has 2 heterocycles. The molecule has 1 atom stereocenters. The van der Waals surface area contributed by atoms with Crippen molar-refractivity contribution in [3.05, 3.63) is 18.0 Å². The van der Waals surface area contributed by atoms with Crippen LogP contribution in [0.5, 0.6) is 6.01 Å². The van der Waals surface area contributed by atoms with Crippen molar-refractivity contribution >= 4 is 0 Å². The van der Waals surface area contributed by atoms with Crippen LogP contribution in [0.2, 0.25) is 0 Å². The van der Waals surface area contributed by atoms with Gasteiger partial charge in [-0.25, -0.2) is 9.97 Å². The molecule has 1 aromatic rings. The molecule has 0 saturated carbocycles. The summed E-state index contributed by atoms with van der Waals surface area (Å²) in [7, 11) is 0. The maximum absolute atomic E-state index is 5.63. The lowest BCUT2D eigenvalue weighted by atomic mass is 10.1. The summed E-state index contributed by atoms with van der Waals surface area (Å²) >= 11 is 0. The number of hydrogen-bond acceptors (Lipinski definition) is 4. The smallest absolute Gasteiger partial charge is 0.316 e. The lowest BCUT2D eigenvalue weighted by molar-refractivity contribution is 0.153. The zero-order valence-corrected chi connectivity index (χ0v) is 8.36. The third kappa shape index (κ3) is 2.42. The van der Waals surface area contributed by atoms with E-state index in [9.17, 15) is 0 Å². The van der Waals surface area contributed by atoms with Crippen molar-refractivity contribution < 1.29 is 4.74 Å². The first kappa shape index (κ1) is 9.40. The molecule has 1 aliphatic rings. The average Bonchev–Trinajstić information content (AvgIpc) is 2.23. The molecule has 1 saturated heterocycles. The molecule has 4 nitrogen and oxygen atoms in total. The van der Waals surface area contributed by atoms with Gasteiger partial charge in [0.05, 0.1) is 0 Å². The lowest BCUT2D eigenvalue weighted by Crippen LogP contribution is -2.37. The van der Waals surface area contributed by atoms with Gasteiger partial charge in [0, 0.05) is 18.9 Å². The third-order valence-electron chi connectivity index (χ3n) is 2.28. The van der Waals surface area contributed by atoms with Crippen LogP contribution in [0, 0.1) is 6.92 Å². The Balaban J connectivity index is 1.92. The highest BCUT2D eigenvalue weighted by molar-refractivity contribution is 5.04. The van der Waals surface area contributed by atoms with Gasteiger partial charge in [-0.2, -0.15) is 0 Å². The van der Waals surface area contributed by atoms with Gasteiger partial charge >= 0.3 is 6.01 Å². The minimum absolute atomic E-state index is 0.228. The number of hydrogen-bond donors (Lipinski definition) is 1. The van der Waals surface area contributed by atoms with Crippen LogP contribution in [0.1, 0.15) is 18.4 Å². The molecule has 0 bridgehead atoms. The highest BCUT2D eigenvalue weighted by Crippen LogP contribution is 2.09. The Morgan fingerprint density at radius 3 is 2.86 bits per heavy atom. The van der Waals surface area contributed by atoms with Crippen LogP contribution >= 0.6 is 0 Å². The second-order valence-electron chi connectivity index (χ2n) is 3.63. The van der Waals surface area contributed by atoms with E-state index in [0.717, 1.165) is 31.5 Å². The van der Waals surface area contributed by atoms with Crippen LogP contribution in [0.15, 0.2) is 12.4 Å². The topological polar surface area (TPSA) is 47.0 Å². The highest BCUT2D eigenvalue weighted by atomic mass is 16.5. The fourth-order valence-corrected chi connectivity index (χ4v) is 1.51. The van der Waals surface area contributed by atoms with Crippen LogP contribution in [-0.2, 0) is 0 Å². The number of rotatable bonds is 2. The monoisotopic (exact) mass is 193 g/mol. The zero-order valence-electron chi connectivity index (χ0n) is 8.36. The van der Waals surface area contributed by atoms with E-state index < -0.39 is 0 Å². The molecule has 0 amide bonds. The van der Waals surface area contributed by atoms with Gasteiger partial charge in [-0.05, 0) is 31.9 Å². The van der Waals surface area contributed by atoms with Crippen molar-refractivity contribution in [3.63, 3.8) is 0 Å². The Kier molecular flexibility index (Phi) is 2.93. The largest absolute Gasteiger partial charge is 0.459 e. The normalized spacial score (nSPS) is 21.9. The summed E-state index contributed by atoms with van der Waals surface area (Å²) in [6.07, 6.45) is 6.03. The second kappa shape index (κ2) is 4.37. The predicted molar refractivity (Wildman–Crippen MR) is 53.3 cm³/mol. The van der Waals surface area contributed by atoms with Gasteiger partial charge in [-0.3, -0.25) is 0 Å². The van der Waals surface area contributed by atoms with Crippen molar-refractivity contribution in [1.29, 1.82) is 0 Å². The lowest BCUT2D eigenvalue weighted by Gasteiger charge is -2.22. The van der Waals surface area contributed by atoms with Gasteiger partial charge in [0.25, 0.3) is 0 Å². The first-order chi connectivity index (χ1) is 6.84. The van der Waals surface area contributed by atoms with E-state index in [1.807, 2.05) is 6.92 Å². The molecule has 76 valence electrons. The summed E-state index contributed by atoms with van der Waals surface area (Å²) in [5.74, 6) is 0. The van der Waals surface area contributed by atoms with Gasteiger partial charge in [-0.15, -0.1) is 0 Å². The van der Waals surface area contributed by atoms with Gasteiger partial charge in [0.1, 0.15) is 6.10 Å². The first-order valence-electron chi connectivity index (χ1n) is 5.00. The molecule has 1 N–H and O–H groups in total. The second-order valence-corrected chi connectivity index (χ2v) is 3.63. The molecule has 0 unspecified atom stereocenters. The molecule has 0 aromatic carbocycles. The van der Waals surface area contributed by atoms with Crippen molar-refractivity contribution in [3.8, 4) is 6.01 Å². The van der Waals surface area contributed by atoms with Crippen LogP contribution in [0.3, 0.4) is 0 Å². The standard InChI is InChI=1S/C10H15N3O/c1-8-5-12-10(13-6-8)14-9-3-2-4-11-7-9/h5-6,9,11H,2-4,7H2,1H3/t9-/m1/s1. The molecule has 0 aliphatic carbocycles. The van der Waals surface area contributed by atoms with Gasteiger partial charge < -0.3 is 10.1 Å². The number of nitrogens with one attached hydrogen (secondary N) is 1. The summed E-state index contributed by atoms with van der Waals surface area (Å²) in [6.45, 7) is 3.96. The fourth-order valence-electron chi connectivity index (χ4n) is 1.51. The zero-order chi connectivity index (χ0) is 9.80. The molecular formula is C10H15N3O. The van der Waals surface area contributed by atoms with Crippen LogP contribution < -0.4 is 10.1 Å². The quantitative estimate of drug-likeness (QED) is 0.758. The Bertz CT molecular complexity index is 280. The molecule has 2 rings (SSSR count). The van der Waals surface area contributed by atoms with E-state index in [-0.39, 0.29) is 6.10 Å². The van der Waals surface area contributed by atoms with E-state index in [1.54, 1.807) is 12.4 Å². The van der Waals surface area contributed by atoms with Gasteiger partial charge in [0.15, 0.2) is 0 Å². The Labute approximate surface area is 83.7 Å². The summed E-state index contributed by atoms with van der Waals surface area (Å²) in [4.78, 5) is 8.22. The summed E-state index contributed by atoms with van der Waals surface area (Å²) in [5, 5.41) is 3.29. The van der Waals surface area contributed by atoms with Crippen molar-refractivity contribution in [2.75, 3.05) is 13.1 Å². The first-order valence-corrected chi connectivity index (χ1v) is 5.00. The molecule has 1 fully saturated rings. The van der Waals surface area contributed by atoms with Crippen molar-refractivity contribution in [2.24, 2.45) is 0 Å². The van der Waals surface area contributed by atoms with E-state index in [1.165, 1.54) is 0 Å². The molecule has 0 radical (unpaired) electrons. The summed E-state index contributed by atoms with van der Waals surface area (Å²) < 4.78 is 5.63. The predicted octanol–water partition coefficient (Wildman–Crippen LogP) is 0.916. The number of aromatic nitrogens is 2. The van der Waals surface area contributed by atoms with E-state index in [0.29, 0.717) is 6.01 Å². The number of aryl methyl sites for hydroxylation is 1. The van der Waals surface area contributed by atoms with Gasteiger partial charge in [0.2, 0.25) is 0 Å². The molecule has 14 heavy (non-hydrogen) atoms. The minimum atomic E-state index is 0.228.